The summed E-state index contributed by atoms with van der Waals surface area (Å²) in [6, 6.07) is 13.3. The van der Waals surface area contributed by atoms with Crippen molar-refractivity contribution in [1.29, 1.82) is 0 Å². The van der Waals surface area contributed by atoms with Crippen molar-refractivity contribution in [2.24, 2.45) is 0 Å². The van der Waals surface area contributed by atoms with Gasteiger partial charge in [0.25, 0.3) is 5.91 Å². The molecule has 1 saturated carbocycles. The zero-order valence-corrected chi connectivity index (χ0v) is 17.4. The SMILES string of the molecule is CC[C@H](C)N1C(=O)c2ccccc2[C@@H](C(=O)Nc2cccc(C)n2)C12CCCC2. The third-order valence-corrected chi connectivity index (χ3v) is 6.64. The van der Waals surface area contributed by atoms with Crippen molar-refractivity contribution in [2.75, 3.05) is 5.32 Å². The maximum atomic E-state index is 13.7. The van der Waals surface area contributed by atoms with Gasteiger partial charge in [-0.3, -0.25) is 9.59 Å². The fraction of sp³-hybridized carbons (Fsp3) is 0.458. The van der Waals surface area contributed by atoms with Crippen LogP contribution >= 0.6 is 0 Å². The fourth-order valence-corrected chi connectivity index (χ4v) is 5.24. The van der Waals surface area contributed by atoms with Crippen molar-refractivity contribution in [1.82, 2.24) is 9.88 Å². The first-order valence-electron chi connectivity index (χ1n) is 10.6. The lowest BCUT2D eigenvalue weighted by molar-refractivity contribution is -0.121. The van der Waals surface area contributed by atoms with Crippen LogP contribution in [0.25, 0.3) is 0 Å². The average molecular weight is 392 g/mol. The van der Waals surface area contributed by atoms with Gasteiger partial charge in [-0.05, 0) is 56.9 Å². The van der Waals surface area contributed by atoms with Crippen LogP contribution < -0.4 is 5.32 Å². The third kappa shape index (κ3) is 3.22. The number of nitrogens with one attached hydrogen (secondary N) is 1. The second-order valence-electron chi connectivity index (χ2n) is 8.42. The van der Waals surface area contributed by atoms with Crippen molar-refractivity contribution in [3.63, 3.8) is 0 Å². The molecule has 1 aromatic carbocycles. The Bertz CT molecular complexity index is 933. The summed E-state index contributed by atoms with van der Waals surface area (Å²) in [5.41, 5.74) is 1.90. The van der Waals surface area contributed by atoms with E-state index in [2.05, 4.69) is 24.1 Å². The van der Waals surface area contributed by atoms with E-state index in [1.54, 1.807) is 0 Å². The van der Waals surface area contributed by atoms with Gasteiger partial charge in [-0.1, -0.05) is 44.0 Å². The Labute approximate surface area is 172 Å². The number of benzene rings is 1. The molecule has 2 aliphatic rings. The first kappa shape index (κ1) is 19.6. The van der Waals surface area contributed by atoms with E-state index in [0.717, 1.165) is 43.4 Å². The highest BCUT2D eigenvalue weighted by Crippen LogP contribution is 2.51. The summed E-state index contributed by atoms with van der Waals surface area (Å²) in [4.78, 5) is 33.7. The highest BCUT2D eigenvalue weighted by molar-refractivity contribution is 6.05. The molecule has 0 bridgehead atoms. The molecule has 5 heteroatoms. The largest absolute Gasteiger partial charge is 0.329 e. The van der Waals surface area contributed by atoms with Crippen molar-refractivity contribution in [2.45, 2.75) is 70.4 Å². The monoisotopic (exact) mass is 391 g/mol. The molecule has 2 aromatic rings. The zero-order valence-electron chi connectivity index (χ0n) is 17.4. The van der Waals surface area contributed by atoms with Gasteiger partial charge in [0.15, 0.2) is 0 Å². The first-order valence-corrected chi connectivity index (χ1v) is 10.6. The molecule has 0 radical (unpaired) electrons. The summed E-state index contributed by atoms with van der Waals surface area (Å²) in [5.74, 6) is 0.163. The highest BCUT2D eigenvalue weighted by atomic mass is 16.2. The quantitative estimate of drug-likeness (QED) is 0.823. The second kappa shape index (κ2) is 7.62. The molecule has 1 spiro atoms. The molecule has 2 heterocycles. The van der Waals surface area contributed by atoms with Gasteiger partial charge >= 0.3 is 0 Å². The molecule has 1 aliphatic heterocycles. The number of aromatic nitrogens is 1. The van der Waals surface area contributed by atoms with Crippen molar-refractivity contribution >= 4 is 17.6 Å². The molecule has 1 fully saturated rings. The molecule has 0 unspecified atom stereocenters. The molecule has 2 amide bonds. The van der Waals surface area contributed by atoms with Gasteiger partial charge in [0.1, 0.15) is 5.82 Å². The molecular formula is C24H29N3O2. The normalized spacial score (nSPS) is 21.1. The Balaban J connectivity index is 1.83. The summed E-state index contributed by atoms with van der Waals surface area (Å²) in [6.45, 7) is 6.11. The number of carbonyl (C=O) groups excluding carboxylic acids is 2. The molecule has 152 valence electrons. The van der Waals surface area contributed by atoms with E-state index in [1.165, 1.54) is 0 Å². The van der Waals surface area contributed by atoms with Crippen LogP contribution in [-0.2, 0) is 4.79 Å². The predicted molar refractivity (Wildman–Crippen MR) is 114 cm³/mol. The maximum absolute atomic E-state index is 13.7. The lowest BCUT2D eigenvalue weighted by Gasteiger charge is -2.52. The maximum Gasteiger partial charge on any atom is 0.254 e. The standard InChI is InChI=1S/C24H29N3O2/c1-4-17(3)27-23(29)19-12-6-5-11-18(19)21(24(27)14-7-8-15-24)22(28)26-20-13-9-10-16(2)25-20/h5-6,9-13,17,21H,4,7-8,14-15H2,1-3H3,(H,25,26,28)/t17-,21-/m0/s1. The summed E-state index contributed by atoms with van der Waals surface area (Å²) in [6.07, 6.45) is 4.65. The van der Waals surface area contributed by atoms with Gasteiger partial charge in [0.2, 0.25) is 5.91 Å². The Hall–Kier alpha value is -2.69. The van der Waals surface area contributed by atoms with Gasteiger partial charge < -0.3 is 10.2 Å². The average Bonchev–Trinajstić information content (AvgIpc) is 3.17. The lowest BCUT2D eigenvalue weighted by Crippen LogP contribution is -2.62. The number of carbonyl (C=O) groups is 2. The number of anilines is 1. The molecular weight excluding hydrogens is 362 g/mol. The molecule has 1 aliphatic carbocycles. The van der Waals surface area contributed by atoms with Crippen LogP contribution in [0.15, 0.2) is 42.5 Å². The number of fused-ring (bicyclic) bond motifs is 1. The van der Waals surface area contributed by atoms with Gasteiger partial charge in [-0.2, -0.15) is 0 Å². The number of hydrogen-bond acceptors (Lipinski definition) is 3. The first-order chi connectivity index (χ1) is 14.0. The Morgan fingerprint density at radius 1 is 1.21 bits per heavy atom. The van der Waals surface area contributed by atoms with E-state index in [-0.39, 0.29) is 17.9 Å². The van der Waals surface area contributed by atoms with E-state index in [0.29, 0.717) is 11.4 Å². The number of nitrogens with zero attached hydrogens (tertiary/aromatic N) is 2. The Morgan fingerprint density at radius 2 is 1.93 bits per heavy atom. The number of amides is 2. The zero-order chi connectivity index (χ0) is 20.6. The summed E-state index contributed by atoms with van der Waals surface area (Å²) in [5, 5.41) is 3.05. The van der Waals surface area contributed by atoms with Crippen molar-refractivity contribution in [3.8, 4) is 0 Å². The minimum Gasteiger partial charge on any atom is -0.329 e. The van der Waals surface area contributed by atoms with E-state index in [4.69, 9.17) is 0 Å². The van der Waals surface area contributed by atoms with Gasteiger partial charge in [0, 0.05) is 17.3 Å². The number of rotatable bonds is 4. The summed E-state index contributed by atoms with van der Waals surface area (Å²) >= 11 is 0. The molecule has 1 N–H and O–H groups in total. The Kier molecular flexibility index (Phi) is 5.15. The lowest BCUT2D eigenvalue weighted by atomic mass is 9.70. The van der Waals surface area contributed by atoms with E-state index in [1.807, 2.05) is 54.3 Å². The van der Waals surface area contributed by atoms with Gasteiger partial charge in [0.05, 0.1) is 11.5 Å². The molecule has 2 atom stereocenters. The van der Waals surface area contributed by atoms with E-state index in [9.17, 15) is 9.59 Å². The molecule has 5 nitrogen and oxygen atoms in total. The van der Waals surface area contributed by atoms with Gasteiger partial charge in [-0.15, -0.1) is 0 Å². The molecule has 29 heavy (non-hydrogen) atoms. The fourth-order valence-electron chi connectivity index (χ4n) is 5.24. The minimum atomic E-state index is -0.464. The number of hydrogen-bond donors (Lipinski definition) is 1. The third-order valence-electron chi connectivity index (χ3n) is 6.64. The molecule has 0 saturated heterocycles. The summed E-state index contributed by atoms with van der Waals surface area (Å²) < 4.78 is 0. The van der Waals surface area contributed by atoms with Crippen LogP contribution in [0, 0.1) is 6.92 Å². The van der Waals surface area contributed by atoms with Crippen LogP contribution in [0.1, 0.15) is 73.5 Å². The van der Waals surface area contributed by atoms with Crippen molar-refractivity contribution < 1.29 is 9.59 Å². The van der Waals surface area contributed by atoms with Gasteiger partial charge in [-0.25, -0.2) is 4.98 Å². The topological polar surface area (TPSA) is 62.3 Å². The molecule has 4 rings (SSSR count). The Morgan fingerprint density at radius 3 is 2.62 bits per heavy atom. The van der Waals surface area contributed by atoms with E-state index >= 15 is 0 Å². The van der Waals surface area contributed by atoms with Crippen LogP contribution in [0.2, 0.25) is 0 Å². The van der Waals surface area contributed by atoms with Crippen LogP contribution in [0.4, 0.5) is 5.82 Å². The van der Waals surface area contributed by atoms with E-state index < -0.39 is 11.5 Å². The second-order valence-corrected chi connectivity index (χ2v) is 8.42. The number of pyridine rings is 1. The van der Waals surface area contributed by atoms with Crippen molar-refractivity contribution in [3.05, 3.63) is 59.3 Å². The predicted octanol–water partition coefficient (Wildman–Crippen LogP) is 4.68. The minimum absolute atomic E-state index is 0.0644. The number of aryl methyl sites for hydroxylation is 1. The smallest absolute Gasteiger partial charge is 0.254 e. The summed E-state index contributed by atoms with van der Waals surface area (Å²) in [7, 11) is 0. The highest BCUT2D eigenvalue weighted by Gasteiger charge is 2.56. The van der Waals surface area contributed by atoms with Crippen LogP contribution in [0.5, 0.6) is 0 Å². The van der Waals surface area contributed by atoms with Crippen LogP contribution in [-0.4, -0.2) is 33.3 Å². The molecule has 1 aromatic heterocycles. The van der Waals surface area contributed by atoms with Crippen LogP contribution in [0.3, 0.4) is 0 Å².